The van der Waals surface area contributed by atoms with Gasteiger partial charge in [-0.2, -0.15) is 0 Å². The van der Waals surface area contributed by atoms with Crippen molar-refractivity contribution in [2.45, 2.75) is 0 Å². The van der Waals surface area contributed by atoms with Crippen molar-refractivity contribution in [2.75, 3.05) is 0 Å². The number of nitrogens with zero attached hydrogens (tertiary/aromatic N) is 3. The molecule has 0 radical (unpaired) electrons. The number of fused-ring (bicyclic) bond motifs is 6. The minimum absolute atomic E-state index is 0.957. The second-order valence-electron chi connectivity index (χ2n) is 12.9. The summed E-state index contributed by atoms with van der Waals surface area (Å²) in [5, 5.41) is 4.80. The summed E-state index contributed by atoms with van der Waals surface area (Å²) in [6.07, 6.45) is 2.03. The molecule has 3 heterocycles. The van der Waals surface area contributed by atoms with Gasteiger partial charge in [0.1, 0.15) is 5.65 Å². The molecule has 7 aromatic carbocycles. The van der Waals surface area contributed by atoms with Gasteiger partial charge < -0.3 is 4.57 Å². The van der Waals surface area contributed by atoms with Crippen LogP contribution in [0.1, 0.15) is 0 Å². The van der Waals surface area contributed by atoms with E-state index in [-0.39, 0.29) is 0 Å². The molecule has 0 aliphatic carbocycles. The molecule has 0 saturated carbocycles. The van der Waals surface area contributed by atoms with Crippen LogP contribution in [-0.2, 0) is 0 Å². The van der Waals surface area contributed by atoms with Crippen LogP contribution in [0.5, 0.6) is 0 Å². The van der Waals surface area contributed by atoms with Gasteiger partial charge in [0, 0.05) is 44.7 Å². The predicted octanol–water partition coefficient (Wildman–Crippen LogP) is 12.3. The molecule has 0 bridgehead atoms. The Balaban J connectivity index is 1.08. The molecule has 0 aliphatic heterocycles. The largest absolute Gasteiger partial charge is 0.309 e. The number of hydrogen-bond donors (Lipinski definition) is 0. The van der Waals surface area contributed by atoms with Gasteiger partial charge >= 0.3 is 0 Å². The van der Waals surface area contributed by atoms with Crippen LogP contribution in [0.15, 0.2) is 188 Å². The van der Waals surface area contributed by atoms with E-state index in [0.717, 1.165) is 39.1 Å². The summed E-state index contributed by atoms with van der Waals surface area (Å²) in [4.78, 5) is 5.14. The highest BCUT2D eigenvalue weighted by atomic mass is 15.0. The van der Waals surface area contributed by atoms with Crippen molar-refractivity contribution in [1.82, 2.24) is 14.1 Å². The third-order valence-corrected chi connectivity index (χ3v) is 9.98. The lowest BCUT2D eigenvalue weighted by Crippen LogP contribution is -1.95. The number of hydrogen-bond acceptors (Lipinski definition) is 1. The normalized spacial score (nSPS) is 11.6. The first-order chi connectivity index (χ1) is 24.8. The summed E-state index contributed by atoms with van der Waals surface area (Å²) < 4.78 is 4.66. The minimum Gasteiger partial charge on any atom is -0.309 e. The van der Waals surface area contributed by atoms with Crippen molar-refractivity contribution in [3.8, 4) is 44.8 Å². The van der Waals surface area contributed by atoms with Crippen LogP contribution in [0, 0.1) is 0 Å². The number of para-hydroxylation sites is 2. The van der Waals surface area contributed by atoms with Gasteiger partial charge in [-0.25, -0.2) is 4.98 Å². The summed E-state index contributed by atoms with van der Waals surface area (Å²) >= 11 is 0. The van der Waals surface area contributed by atoms with Gasteiger partial charge in [0.25, 0.3) is 0 Å². The van der Waals surface area contributed by atoms with Gasteiger partial charge in [-0.1, -0.05) is 127 Å². The van der Waals surface area contributed by atoms with Gasteiger partial charge in [-0.15, -0.1) is 0 Å². The van der Waals surface area contributed by atoms with E-state index in [0.29, 0.717) is 0 Å². The maximum Gasteiger partial charge on any atom is 0.145 e. The Morgan fingerprint density at radius 2 is 0.740 bits per heavy atom. The Morgan fingerprint density at radius 3 is 1.36 bits per heavy atom. The summed E-state index contributed by atoms with van der Waals surface area (Å²) in [6.45, 7) is 0. The average molecular weight is 638 g/mol. The molecule has 0 fully saturated rings. The molecule has 10 aromatic rings. The van der Waals surface area contributed by atoms with E-state index in [9.17, 15) is 0 Å². The van der Waals surface area contributed by atoms with E-state index in [2.05, 4.69) is 191 Å². The van der Waals surface area contributed by atoms with E-state index < -0.39 is 0 Å². The second kappa shape index (κ2) is 11.5. The van der Waals surface area contributed by atoms with Crippen molar-refractivity contribution in [2.24, 2.45) is 0 Å². The van der Waals surface area contributed by atoms with Gasteiger partial charge in [0.15, 0.2) is 0 Å². The summed E-state index contributed by atoms with van der Waals surface area (Å²) in [7, 11) is 0. The Labute approximate surface area is 290 Å². The third kappa shape index (κ3) is 4.56. The third-order valence-electron chi connectivity index (χ3n) is 9.98. The van der Waals surface area contributed by atoms with E-state index in [1.54, 1.807) is 0 Å². The molecule has 3 aromatic heterocycles. The van der Waals surface area contributed by atoms with Crippen LogP contribution >= 0.6 is 0 Å². The lowest BCUT2D eigenvalue weighted by Gasteiger charge is -2.10. The summed E-state index contributed by atoms with van der Waals surface area (Å²) in [6, 6.07) is 65.2. The van der Waals surface area contributed by atoms with E-state index in [1.807, 2.05) is 6.20 Å². The second-order valence-corrected chi connectivity index (χ2v) is 12.9. The van der Waals surface area contributed by atoms with Crippen LogP contribution in [-0.4, -0.2) is 14.1 Å². The predicted molar refractivity (Wildman–Crippen MR) is 209 cm³/mol. The van der Waals surface area contributed by atoms with Crippen LogP contribution in [0.3, 0.4) is 0 Å². The summed E-state index contributed by atoms with van der Waals surface area (Å²) in [5.74, 6) is 0. The highest BCUT2D eigenvalue weighted by Gasteiger charge is 2.17. The molecular formula is C47H31N3. The fourth-order valence-electron chi connectivity index (χ4n) is 7.56. The average Bonchev–Trinajstić information content (AvgIpc) is 3.71. The van der Waals surface area contributed by atoms with Crippen molar-refractivity contribution in [3.63, 3.8) is 0 Å². The van der Waals surface area contributed by atoms with E-state index >= 15 is 0 Å². The molecule has 0 aliphatic rings. The maximum absolute atomic E-state index is 5.14. The fourth-order valence-corrected chi connectivity index (χ4v) is 7.56. The molecule has 0 spiro atoms. The highest BCUT2D eigenvalue weighted by Crippen LogP contribution is 2.38. The lowest BCUT2D eigenvalue weighted by atomic mass is 10.0. The summed E-state index contributed by atoms with van der Waals surface area (Å²) in [5.41, 5.74) is 13.8. The number of rotatable bonds is 5. The zero-order valence-corrected chi connectivity index (χ0v) is 27.2. The number of benzene rings is 7. The van der Waals surface area contributed by atoms with Gasteiger partial charge in [0.2, 0.25) is 0 Å². The molecular weight excluding hydrogens is 607 g/mol. The van der Waals surface area contributed by atoms with Gasteiger partial charge in [-0.05, 0) is 82.4 Å². The smallest absolute Gasteiger partial charge is 0.145 e. The van der Waals surface area contributed by atoms with E-state index in [1.165, 1.54) is 49.4 Å². The monoisotopic (exact) mass is 637 g/mol. The molecule has 0 saturated heterocycles. The number of pyridine rings is 1. The maximum atomic E-state index is 5.14. The van der Waals surface area contributed by atoms with Crippen molar-refractivity contribution >= 4 is 43.7 Å². The zero-order chi connectivity index (χ0) is 33.0. The Kier molecular flexibility index (Phi) is 6.49. The van der Waals surface area contributed by atoms with Crippen molar-refractivity contribution in [1.29, 1.82) is 0 Å². The van der Waals surface area contributed by atoms with Gasteiger partial charge in [-0.3, -0.25) is 4.57 Å². The van der Waals surface area contributed by atoms with Crippen molar-refractivity contribution in [3.05, 3.63) is 188 Å². The lowest BCUT2D eigenvalue weighted by molar-refractivity contribution is 1.14. The van der Waals surface area contributed by atoms with Crippen LogP contribution < -0.4 is 0 Å². The zero-order valence-electron chi connectivity index (χ0n) is 27.2. The molecule has 3 nitrogen and oxygen atoms in total. The quantitative estimate of drug-likeness (QED) is 0.184. The molecule has 10 rings (SSSR count). The Bertz CT molecular complexity index is 2630. The SMILES string of the molecule is c1ccc(-c2ccc(-n3c4ccccc4c4cc(-c5cnc6c(c5)c5ccccc5n6-c5ccc(-c6ccccc6)cc5)ccc43)cc2)cc1. The van der Waals surface area contributed by atoms with Gasteiger partial charge in [0.05, 0.1) is 16.6 Å². The minimum atomic E-state index is 0.957. The Hall–Kier alpha value is -6.71. The fraction of sp³-hybridized carbons (Fsp3) is 0. The van der Waals surface area contributed by atoms with Crippen LogP contribution in [0.25, 0.3) is 88.5 Å². The van der Waals surface area contributed by atoms with Crippen molar-refractivity contribution < 1.29 is 0 Å². The van der Waals surface area contributed by atoms with Crippen LogP contribution in [0.2, 0.25) is 0 Å². The molecule has 3 heteroatoms. The number of aromatic nitrogens is 3. The standard InChI is InChI=1S/C47H31N3/c1-3-11-32(12-4-1)34-19-24-38(25-20-34)49-44-17-9-7-15-40(44)42-29-36(23-28-46(42)49)37-30-43-41-16-8-10-18-45(41)50(47(43)48-31-37)39-26-21-35(22-27-39)33-13-5-2-6-14-33/h1-31H. The molecule has 0 N–H and O–H groups in total. The molecule has 0 amide bonds. The highest BCUT2D eigenvalue weighted by molar-refractivity contribution is 6.12. The topological polar surface area (TPSA) is 22.8 Å². The molecule has 50 heavy (non-hydrogen) atoms. The first kappa shape index (κ1) is 28.3. The molecule has 0 unspecified atom stereocenters. The van der Waals surface area contributed by atoms with E-state index in [4.69, 9.17) is 4.98 Å². The van der Waals surface area contributed by atoms with Crippen LogP contribution in [0.4, 0.5) is 0 Å². The molecule has 0 atom stereocenters. The first-order valence-corrected chi connectivity index (χ1v) is 17.0. The Morgan fingerprint density at radius 1 is 0.300 bits per heavy atom. The first-order valence-electron chi connectivity index (χ1n) is 17.0. The molecule has 234 valence electrons.